The van der Waals surface area contributed by atoms with E-state index in [1.54, 1.807) is 10.3 Å². The highest BCUT2D eigenvalue weighted by Crippen LogP contribution is 2.27. The summed E-state index contributed by atoms with van der Waals surface area (Å²) in [4.78, 5) is 16.8. The molecule has 2 rings (SSSR count). The molecule has 1 aromatic heterocycles. The Balaban J connectivity index is 2.18. The molecule has 0 aliphatic carbocycles. The molecule has 0 amide bonds. The minimum atomic E-state index is -0.912. The number of nitrogens with zero attached hydrogens (tertiary/aromatic N) is 2. The highest BCUT2D eigenvalue weighted by Gasteiger charge is 2.16. The fourth-order valence-corrected chi connectivity index (χ4v) is 2.98. The number of hydrogen-bond acceptors (Lipinski definition) is 4. The first-order chi connectivity index (χ1) is 10.5. The summed E-state index contributed by atoms with van der Waals surface area (Å²) < 4.78 is 27.5. The zero-order valence-electron chi connectivity index (χ0n) is 12.1. The molecular weight excluding hydrogens is 310 g/mol. The Morgan fingerprint density at radius 1 is 1.36 bits per heavy atom. The van der Waals surface area contributed by atoms with E-state index in [0.29, 0.717) is 18.1 Å². The van der Waals surface area contributed by atoms with E-state index in [4.69, 9.17) is 5.11 Å². The summed E-state index contributed by atoms with van der Waals surface area (Å²) in [5.74, 6) is -2.23. The summed E-state index contributed by atoms with van der Waals surface area (Å²) in [7, 11) is 0. The van der Waals surface area contributed by atoms with Gasteiger partial charge in [0.1, 0.15) is 16.6 Å². The zero-order chi connectivity index (χ0) is 16.1. The third-order valence-corrected chi connectivity index (χ3v) is 3.86. The molecular formula is C15H16F2N2O2S. The van der Waals surface area contributed by atoms with Crippen LogP contribution in [0.25, 0.3) is 11.3 Å². The lowest BCUT2D eigenvalue weighted by Gasteiger charge is -2.17. The molecule has 0 saturated carbocycles. The molecule has 2 aromatic rings. The second-order valence-corrected chi connectivity index (χ2v) is 5.77. The molecule has 0 bridgehead atoms. The van der Waals surface area contributed by atoms with Gasteiger partial charge in [-0.3, -0.25) is 9.69 Å². The van der Waals surface area contributed by atoms with Gasteiger partial charge in [0.15, 0.2) is 0 Å². The van der Waals surface area contributed by atoms with Crippen LogP contribution in [-0.2, 0) is 11.3 Å². The van der Waals surface area contributed by atoms with Gasteiger partial charge in [0.25, 0.3) is 0 Å². The van der Waals surface area contributed by atoms with Crippen LogP contribution in [0.2, 0.25) is 0 Å². The van der Waals surface area contributed by atoms with Gasteiger partial charge in [-0.05, 0) is 25.1 Å². The van der Waals surface area contributed by atoms with Crippen LogP contribution < -0.4 is 0 Å². The van der Waals surface area contributed by atoms with Crippen molar-refractivity contribution in [2.45, 2.75) is 19.9 Å². The van der Waals surface area contributed by atoms with Gasteiger partial charge >= 0.3 is 5.97 Å². The van der Waals surface area contributed by atoms with E-state index in [0.717, 1.165) is 6.42 Å². The molecule has 0 aliphatic heterocycles. The molecule has 0 unspecified atom stereocenters. The monoisotopic (exact) mass is 326 g/mol. The lowest BCUT2D eigenvalue weighted by atomic mass is 10.1. The van der Waals surface area contributed by atoms with E-state index in [9.17, 15) is 13.6 Å². The van der Waals surface area contributed by atoms with Crippen molar-refractivity contribution in [2.24, 2.45) is 0 Å². The van der Waals surface area contributed by atoms with Crippen LogP contribution in [-0.4, -0.2) is 34.0 Å². The van der Waals surface area contributed by atoms with Crippen molar-refractivity contribution in [1.82, 2.24) is 9.88 Å². The Labute approximate surface area is 131 Å². The quantitative estimate of drug-likeness (QED) is 0.847. The molecule has 22 heavy (non-hydrogen) atoms. The van der Waals surface area contributed by atoms with E-state index in [-0.39, 0.29) is 17.8 Å². The number of aromatic nitrogens is 1. The minimum absolute atomic E-state index is 0.0865. The molecule has 118 valence electrons. The van der Waals surface area contributed by atoms with Gasteiger partial charge in [-0.2, -0.15) is 0 Å². The molecule has 0 atom stereocenters. The predicted molar refractivity (Wildman–Crippen MR) is 80.7 cm³/mol. The number of hydrogen-bond donors (Lipinski definition) is 1. The summed E-state index contributed by atoms with van der Waals surface area (Å²) >= 11 is 1.26. The lowest BCUT2D eigenvalue weighted by molar-refractivity contribution is -0.138. The van der Waals surface area contributed by atoms with Crippen molar-refractivity contribution >= 4 is 17.3 Å². The summed E-state index contributed by atoms with van der Waals surface area (Å²) in [5.41, 5.74) is 0.0904. The largest absolute Gasteiger partial charge is 0.480 e. The van der Waals surface area contributed by atoms with Gasteiger partial charge in [0.05, 0.1) is 24.3 Å². The third-order valence-electron chi connectivity index (χ3n) is 3.03. The number of thiazole rings is 1. The number of rotatable bonds is 7. The van der Waals surface area contributed by atoms with Crippen LogP contribution in [0, 0.1) is 11.6 Å². The maximum absolute atomic E-state index is 13.7. The van der Waals surface area contributed by atoms with Crippen LogP contribution in [0.5, 0.6) is 0 Å². The molecule has 0 spiro atoms. The summed E-state index contributed by atoms with van der Waals surface area (Å²) in [5, 5.41) is 11.1. The molecule has 0 aliphatic rings. The first-order valence-electron chi connectivity index (χ1n) is 6.84. The zero-order valence-corrected chi connectivity index (χ0v) is 12.9. The number of carboxylic acid groups (broad SMARTS) is 1. The Bertz CT molecular complexity index is 640. The highest BCUT2D eigenvalue weighted by atomic mass is 32.1. The fourth-order valence-electron chi connectivity index (χ4n) is 2.15. The number of carboxylic acids is 1. The van der Waals surface area contributed by atoms with Gasteiger partial charge in [-0.25, -0.2) is 13.8 Å². The van der Waals surface area contributed by atoms with Crippen LogP contribution in [0.1, 0.15) is 18.4 Å². The molecule has 1 aromatic carbocycles. The van der Waals surface area contributed by atoms with Gasteiger partial charge in [0.2, 0.25) is 0 Å². The van der Waals surface area contributed by atoms with E-state index in [1.807, 2.05) is 6.92 Å². The third kappa shape index (κ3) is 4.08. The van der Waals surface area contributed by atoms with Crippen molar-refractivity contribution in [1.29, 1.82) is 0 Å². The Hall–Kier alpha value is -1.86. The van der Waals surface area contributed by atoms with Crippen molar-refractivity contribution in [2.75, 3.05) is 13.1 Å². The van der Waals surface area contributed by atoms with Crippen molar-refractivity contribution in [3.05, 3.63) is 40.2 Å². The average molecular weight is 326 g/mol. The lowest BCUT2D eigenvalue weighted by Crippen LogP contribution is -2.30. The van der Waals surface area contributed by atoms with Crippen molar-refractivity contribution < 1.29 is 18.7 Å². The molecule has 0 saturated heterocycles. The topological polar surface area (TPSA) is 53.4 Å². The SMILES string of the molecule is CCCN(CC(=O)O)Cc1nc(-c2c(F)cccc2F)cs1. The van der Waals surface area contributed by atoms with Gasteiger partial charge in [-0.15, -0.1) is 11.3 Å². The Morgan fingerprint density at radius 3 is 2.64 bits per heavy atom. The number of carbonyl (C=O) groups is 1. The standard InChI is InChI=1S/C15H16F2N2O2S/c1-2-6-19(8-14(20)21)7-13-18-12(9-22-13)15-10(16)4-3-5-11(15)17/h3-5,9H,2,6-8H2,1H3,(H,20,21). The maximum atomic E-state index is 13.7. The summed E-state index contributed by atoms with van der Waals surface area (Å²) in [6.45, 7) is 2.84. The van der Waals surface area contributed by atoms with E-state index >= 15 is 0 Å². The highest BCUT2D eigenvalue weighted by molar-refractivity contribution is 7.09. The van der Waals surface area contributed by atoms with Gasteiger partial charge in [-0.1, -0.05) is 13.0 Å². The smallest absolute Gasteiger partial charge is 0.317 e. The Kier molecular flexibility index (Phi) is 5.57. The molecule has 0 radical (unpaired) electrons. The number of benzene rings is 1. The predicted octanol–water partition coefficient (Wildman–Crippen LogP) is 3.38. The average Bonchev–Trinajstić information content (AvgIpc) is 2.86. The molecule has 1 heterocycles. The van der Waals surface area contributed by atoms with E-state index in [1.165, 1.54) is 29.5 Å². The normalized spacial score (nSPS) is 11.1. The molecule has 0 fully saturated rings. The molecule has 4 nitrogen and oxygen atoms in total. The second kappa shape index (κ2) is 7.42. The number of halogens is 2. The van der Waals surface area contributed by atoms with Crippen molar-refractivity contribution in [3.8, 4) is 11.3 Å². The molecule has 1 N–H and O–H groups in total. The van der Waals surface area contributed by atoms with E-state index < -0.39 is 17.6 Å². The van der Waals surface area contributed by atoms with Crippen LogP contribution in [0.3, 0.4) is 0 Å². The minimum Gasteiger partial charge on any atom is -0.480 e. The van der Waals surface area contributed by atoms with Crippen LogP contribution in [0.4, 0.5) is 8.78 Å². The second-order valence-electron chi connectivity index (χ2n) is 4.83. The van der Waals surface area contributed by atoms with E-state index in [2.05, 4.69) is 4.98 Å². The maximum Gasteiger partial charge on any atom is 0.317 e. The van der Waals surface area contributed by atoms with Crippen LogP contribution in [0.15, 0.2) is 23.6 Å². The van der Waals surface area contributed by atoms with Crippen molar-refractivity contribution in [3.63, 3.8) is 0 Å². The van der Waals surface area contributed by atoms with Gasteiger partial charge in [0, 0.05) is 5.38 Å². The summed E-state index contributed by atoms with van der Waals surface area (Å²) in [6, 6.07) is 3.67. The summed E-state index contributed by atoms with van der Waals surface area (Å²) in [6.07, 6.45) is 0.813. The first kappa shape index (κ1) is 16.5. The Morgan fingerprint density at radius 2 is 2.05 bits per heavy atom. The first-order valence-corrected chi connectivity index (χ1v) is 7.72. The van der Waals surface area contributed by atoms with Gasteiger partial charge < -0.3 is 5.11 Å². The number of aliphatic carboxylic acids is 1. The fraction of sp³-hybridized carbons (Fsp3) is 0.333. The molecule has 7 heteroatoms. The van der Waals surface area contributed by atoms with Crippen LogP contribution >= 0.6 is 11.3 Å².